The summed E-state index contributed by atoms with van der Waals surface area (Å²) >= 11 is 0. The Morgan fingerprint density at radius 2 is 0.611 bits per heavy atom. The molecule has 6 heteroatoms. The van der Waals surface area contributed by atoms with Crippen molar-refractivity contribution in [3.8, 4) is 0 Å². The van der Waals surface area contributed by atoms with Crippen LogP contribution in [0.4, 0.5) is 0 Å². The second-order valence-corrected chi connectivity index (χ2v) is 17.3. The lowest BCUT2D eigenvalue weighted by Gasteiger charge is -2.18. The van der Waals surface area contributed by atoms with Crippen LogP contribution in [0.15, 0.2) is 0 Å². The highest BCUT2D eigenvalue weighted by atomic mass is 16.6. The molecule has 0 bridgehead atoms. The molecular weight excluding hydrogens is 673 g/mol. The lowest BCUT2D eigenvalue weighted by Crippen LogP contribution is -2.30. The molecule has 0 aromatic rings. The van der Waals surface area contributed by atoms with Crippen LogP contribution < -0.4 is 0 Å². The second-order valence-electron chi connectivity index (χ2n) is 17.3. The van der Waals surface area contributed by atoms with Crippen molar-refractivity contribution >= 4 is 17.9 Å². The Kier molecular flexibility index (Phi) is 39.8. The predicted octanol–water partition coefficient (Wildman–Crippen LogP) is 15.0. The Labute approximate surface area is 336 Å². The van der Waals surface area contributed by atoms with Crippen LogP contribution in [-0.2, 0) is 28.6 Å². The van der Waals surface area contributed by atoms with E-state index >= 15 is 0 Å². The van der Waals surface area contributed by atoms with Gasteiger partial charge in [-0.2, -0.15) is 0 Å². The highest BCUT2D eigenvalue weighted by molar-refractivity contribution is 5.71. The van der Waals surface area contributed by atoms with Crippen LogP contribution in [0.25, 0.3) is 0 Å². The van der Waals surface area contributed by atoms with E-state index in [1.807, 2.05) is 0 Å². The minimum atomic E-state index is -0.759. The van der Waals surface area contributed by atoms with Crippen molar-refractivity contribution in [3.05, 3.63) is 0 Å². The fourth-order valence-corrected chi connectivity index (χ4v) is 7.11. The number of hydrogen-bond acceptors (Lipinski definition) is 6. The van der Waals surface area contributed by atoms with Gasteiger partial charge >= 0.3 is 17.9 Å². The van der Waals surface area contributed by atoms with Crippen molar-refractivity contribution in [2.75, 3.05) is 13.2 Å². The highest BCUT2D eigenvalue weighted by Crippen LogP contribution is 2.17. The molecule has 0 aromatic heterocycles. The molecule has 6 nitrogen and oxygen atoms in total. The third-order valence-electron chi connectivity index (χ3n) is 10.7. The van der Waals surface area contributed by atoms with Crippen molar-refractivity contribution in [3.63, 3.8) is 0 Å². The maximum Gasteiger partial charge on any atom is 0.306 e. The van der Waals surface area contributed by atoms with E-state index in [0.717, 1.165) is 69.6 Å². The molecule has 1 atom stereocenters. The Hall–Kier alpha value is -1.59. The summed E-state index contributed by atoms with van der Waals surface area (Å²) in [5.41, 5.74) is 0. The molecule has 320 valence electrons. The van der Waals surface area contributed by atoms with Gasteiger partial charge in [0.15, 0.2) is 6.10 Å². The van der Waals surface area contributed by atoms with Crippen molar-refractivity contribution in [2.24, 2.45) is 11.8 Å². The first kappa shape index (κ1) is 52.4. The Bertz CT molecular complexity index is 824. The van der Waals surface area contributed by atoms with Crippen molar-refractivity contribution in [1.29, 1.82) is 0 Å². The average Bonchev–Trinajstić information content (AvgIpc) is 3.14. The highest BCUT2D eigenvalue weighted by Gasteiger charge is 2.19. The molecule has 0 aliphatic carbocycles. The molecular formula is C48H92O6. The zero-order chi connectivity index (χ0) is 39.7. The fraction of sp³-hybridized carbons (Fsp3) is 0.938. The van der Waals surface area contributed by atoms with Crippen molar-refractivity contribution in [1.82, 2.24) is 0 Å². The molecule has 54 heavy (non-hydrogen) atoms. The number of esters is 3. The van der Waals surface area contributed by atoms with Gasteiger partial charge in [-0.05, 0) is 31.1 Å². The normalized spacial score (nSPS) is 12.1. The van der Waals surface area contributed by atoms with Crippen LogP contribution in [0.3, 0.4) is 0 Å². The van der Waals surface area contributed by atoms with Gasteiger partial charge in [0.2, 0.25) is 0 Å². The van der Waals surface area contributed by atoms with Crippen LogP contribution in [0.2, 0.25) is 0 Å². The predicted molar refractivity (Wildman–Crippen MR) is 229 cm³/mol. The summed E-state index contributed by atoms with van der Waals surface area (Å²) in [7, 11) is 0. The summed E-state index contributed by atoms with van der Waals surface area (Å²) in [5, 5.41) is 0. The van der Waals surface area contributed by atoms with Crippen LogP contribution >= 0.6 is 0 Å². The number of ether oxygens (including phenoxy) is 3. The van der Waals surface area contributed by atoms with E-state index in [4.69, 9.17) is 14.2 Å². The third kappa shape index (κ3) is 41.6. The molecule has 0 saturated heterocycles. The lowest BCUT2D eigenvalue weighted by atomic mass is 10.0. The quantitative estimate of drug-likeness (QED) is 0.0350. The molecule has 0 fully saturated rings. The smallest absolute Gasteiger partial charge is 0.306 e. The van der Waals surface area contributed by atoms with E-state index in [-0.39, 0.29) is 31.1 Å². The van der Waals surface area contributed by atoms with Crippen LogP contribution in [0.1, 0.15) is 259 Å². The Morgan fingerprint density at radius 3 is 0.907 bits per heavy atom. The maximum absolute atomic E-state index is 12.7. The van der Waals surface area contributed by atoms with Gasteiger partial charge < -0.3 is 14.2 Å². The number of carbonyl (C=O) groups excluding carboxylic acids is 3. The Morgan fingerprint density at radius 1 is 0.352 bits per heavy atom. The summed E-state index contributed by atoms with van der Waals surface area (Å²) in [5.74, 6) is 0.799. The lowest BCUT2D eigenvalue weighted by molar-refractivity contribution is -0.167. The minimum absolute atomic E-state index is 0.0648. The summed E-state index contributed by atoms with van der Waals surface area (Å²) < 4.78 is 16.7. The standard InChI is InChI=1S/C48H92O6/c1-6-7-8-9-21-28-33-38-46(49)52-41-45(42-53-47(50)39-34-29-24-19-16-12-14-18-23-27-32-37-44(4)5)54-48(51)40-35-30-25-20-15-11-10-13-17-22-26-31-36-43(2)3/h43-45H,6-42H2,1-5H3/t45-/m1/s1. The summed E-state index contributed by atoms with van der Waals surface area (Å²) in [6.45, 7) is 11.3. The van der Waals surface area contributed by atoms with Crippen LogP contribution in [0, 0.1) is 11.8 Å². The molecule has 0 rings (SSSR count). The zero-order valence-corrected chi connectivity index (χ0v) is 36.8. The third-order valence-corrected chi connectivity index (χ3v) is 10.7. The molecule has 0 aromatic carbocycles. The van der Waals surface area contributed by atoms with Gasteiger partial charge in [-0.3, -0.25) is 14.4 Å². The summed E-state index contributed by atoms with van der Waals surface area (Å²) in [4.78, 5) is 37.7. The summed E-state index contributed by atoms with van der Waals surface area (Å²) in [6, 6.07) is 0. The number of carbonyl (C=O) groups is 3. The molecule has 0 spiro atoms. The summed E-state index contributed by atoms with van der Waals surface area (Å²) in [6.07, 6.45) is 39.5. The topological polar surface area (TPSA) is 78.9 Å². The largest absolute Gasteiger partial charge is 0.462 e. The van der Waals surface area contributed by atoms with E-state index in [9.17, 15) is 14.4 Å². The van der Waals surface area contributed by atoms with E-state index < -0.39 is 6.10 Å². The number of hydrogen-bond donors (Lipinski definition) is 0. The number of rotatable bonds is 42. The zero-order valence-electron chi connectivity index (χ0n) is 36.8. The van der Waals surface area contributed by atoms with Gasteiger partial charge in [0, 0.05) is 19.3 Å². The first-order chi connectivity index (χ1) is 26.2. The molecule has 0 radical (unpaired) electrons. The SMILES string of the molecule is CCCCCCCCCC(=O)OC[C@H](COC(=O)CCCCCCCCCCCCCC(C)C)OC(=O)CCCCCCCCCCCCCCC(C)C. The van der Waals surface area contributed by atoms with Crippen molar-refractivity contribution < 1.29 is 28.6 Å². The van der Waals surface area contributed by atoms with E-state index in [0.29, 0.717) is 19.3 Å². The molecule has 0 amide bonds. The number of unbranched alkanes of at least 4 members (excludes halogenated alkanes) is 27. The van der Waals surface area contributed by atoms with Gasteiger partial charge in [0.05, 0.1) is 0 Å². The molecule has 0 aliphatic heterocycles. The fourth-order valence-electron chi connectivity index (χ4n) is 7.11. The van der Waals surface area contributed by atoms with Crippen molar-refractivity contribution in [2.45, 2.75) is 265 Å². The maximum atomic E-state index is 12.7. The average molecular weight is 765 g/mol. The molecule has 0 aliphatic rings. The van der Waals surface area contributed by atoms with E-state index in [1.54, 1.807) is 0 Å². The van der Waals surface area contributed by atoms with Gasteiger partial charge in [-0.25, -0.2) is 0 Å². The van der Waals surface area contributed by atoms with Crippen LogP contribution in [-0.4, -0.2) is 37.2 Å². The van der Waals surface area contributed by atoms with Gasteiger partial charge in [0.1, 0.15) is 13.2 Å². The molecule has 0 heterocycles. The van der Waals surface area contributed by atoms with E-state index in [1.165, 1.54) is 148 Å². The Balaban J connectivity index is 4.25. The molecule has 0 N–H and O–H groups in total. The molecule has 0 saturated carbocycles. The second kappa shape index (κ2) is 41.1. The van der Waals surface area contributed by atoms with E-state index in [2.05, 4.69) is 34.6 Å². The van der Waals surface area contributed by atoms with Gasteiger partial charge in [0.25, 0.3) is 0 Å². The minimum Gasteiger partial charge on any atom is -0.462 e. The van der Waals surface area contributed by atoms with Gasteiger partial charge in [-0.1, -0.05) is 221 Å². The van der Waals surface area contributed by atoms with Gasteiger partial charge in [-0.15, -0.1) is 0 Å². The monoisotopic (exact) mass is 765 g/mol. The molecule has 0 unspecified atom stereocenters. The first-order valence-corrected chi connectivity index (χ1v) is 23.7. The first-order valence-electron chi connectivity index (χ1n) is 23.7. The van der Waals surface area contributed by atoms with Crippen LogP contribution in [0.5, 0.6) is 0 Å².